The third-order valence-corrected chi connectivity index (χ3v) is 8.31. The number of aryl methyl sites for hydroxylation is 2. The Morgan fingerprint density at radius 2 is 1.45 bits per heavy atom. The van der Waals surface area contributed by atoms with Crippen molar-refractivity contribution < 1.29 is 35.9 Å². The van der Waals surface area contributed by atoms with Gasteiger partial charge in [0, 0.05) is 38.8 Å². The van der Waals surface area contributed by atoms with Gasteiger partial charge in [0.2, 0.25) is 0 Å². The van der Waals surface area contributed by atoms with Crippen LogP contribution >= 0.6 is 24.8 Å². The van der Waals surface area contributed by atoms with Gasteiger partial charge >= 0.3 is 12.4 Å². The van der Waals surface area contributed by atoms with Crippen molar-refractivity contribution in [2.75, 3.05) is 59.0 Å². The molecule has 0 aromatic heterocycles. The molecule has 0 unspecified atom stereocenters. The second-order valence-electron chi connectivity index (χ2n) is 11.3. The van der Waals surface area contributed by atoms with Crippen LogP contribution in [0, 0.1) is 13.8 Å². The molecule has 1 atom stereocenters. The number of nitrogens with zero attached hydrogens (tertiary/aromatic N) is 3. The number of benzene rings is 2. The number of amides is 1. The summed E-state index contributed by atoms with van der Waals surface area (Å²) in [4.78, 5) is 19.6. The number of carbonyl (C=O) groups excluding carboxylic acids is 1. The van der Waals surface area contributed by atoms with Gasteiger partial charge in [0.15, 0.2) is 0 Å². The van der Waals surface area contributed by atoms with Gasteiger partial charge in [-0.15, -0.1) is 24.8 Å². The zero-order valence-corrected chi connectivity index (χ0v) is 26.6. The molecule has 4 rings (SSSR count). The summed E-state index contributed by atoms with van der Waals surface area (Å²) < 4.78 is 87.3. The molecule has 0 radical (unpaired) electrons. The first-order valence-corrected chi connectivity index (χ1v) is 14.5. The molecule has 0 aliphatic carbocycles. The summed E-state index contributed by atoms with van der Waals surface area (Å²) in [6.07, 6.45) is -6.43. The summed E-state index contributed by atoms with van der Waals surface area (Å²) >= 11 is 0. The minimum atomic E-state index is -4.97. The first kappa shape index (κ1) is 38.1. The zero-order chi connectivity index (χ0) is 30.5. The fraction of sp³-hybridized carbons (Fsp3) is 0.581. The van der Waals surface area contributed by atoms with Gasteiger partial charge in [-0.25, -0.2) is 0 Å². The van der Waals surface area contributed by atoms with E-state index < -0.39 is 41.0 Å². The van der Waals surface area contributed by atoms with Crippen molar-refractivity contribution in [2.24, 2.45) is 0 Å². The van der Waals surface area contributed by atoms with Crippen LogP contribution in [0.3, 0.4) is 0 Å². The summed E-state index contributed by atoms with van der Waals surface area (Å²) in [7, 11) is 0. The number of unbranched alkanes of at least 4 members (excludes halogenated alkanes) is 2. The fourth-order valence-electron chi connectivity index (χ4n) is 5.74. The van der Waals surface area contributed by atoms with Crippen LogP contribution in [0.15, 0.2) is 36.4 Å². The normalized spacial score (nSPS) is 18.5. The van der Waals surface area contributed by atoms with E-state index in [1.807, 2.05) is 32.0 Å². The highest BCUT2D eigenvalue weighted by Gasteiger charge is 2.41. The molecule has 2 aromatic carbocycles. The summed E-state index contributed by atoms with van der Waals surface area (Å²) in [5.41, 5.74) is -0.524. The van der Waals surface area contributed by atoms with Crippen molar-refractivity contribution >= 4 is 30.7 Å². The van der Waals surface area contributed by atoms with Crippen LogP contribution in [0.4, 0.5) is 26.3 Å². The van der Waals surface area contributed by atoms with Gasteiger partial charge in [0.25, 0.3) is 5.91 Å². The van der Waals surface area contributed by atoms with Gasteiger partial charge in [0.05, 0.1) is 29.9 Å². The zero-order valence-electron chi connectivity index (χ0n) is 25.0. The molecule has 2 heterocycles. The largest absolute Gasteiger partial charge is 0.417 e. The number of piperazine rings is 1. The number of carbonyl (C=O) groups is 1. The third-order valence-electron chi connectivity index (χ3n) is 8.31. The second kappa shape index (κ2) is 16.5. The van der Waals surface area contributed by atoms with Gasteiger partial charge in [-0.05, 0) is 81.1 Å². The SMILES string of the molecule is Cc1ccc(C[C@@H]2CN(CCCCCN3CCOCC3)CCN2C(=O)c2cc(C(F)(F)F)ccc2C(F)(F)F)cc1C.Cl.Cl. The molecule has 1 amide bonds. The van der Waals surface area contributed by atoms with E-state index in [9.17, 15) is 31.1 Å². The van der Waals surface area contributed by atoms with Crippen molar-refractivity contribution in [1.82, 2.24) is 14.7 Å². The van der Waals surface area contributed by atoms with Crippen LogP contribution in [0.25, 0.3) is 0 Å². The minimum Gasteiger partial charge on any atom is -0.379 e. The van der Waals surface area contributed by atoms with Crippen LogP contribution in [0.1, 0.15) is 57.4 Å². The number of halogens is 8. The number of hydrogen-bond donors (Lipinski definition) is 0. The monoisotopic (exact) mass is 671 g/mol. The van der Waals surface area contributed by atoms with Crippen LogP contribution in [0.2, 0.25) is 0 Å². The summed E-state index contributed by atoms with van der Waals surface area (Å²) in [6, 6.07) is 6.48. The Morgan fingerprint density at radius 3 is 2.07 bits per heavy atom. The first-order chi connectivity index (χ1) is 19.8. The number of alkyl halides is 6. The van der Waals surface area contributed by atoms with Crippen molar-refractivity contribution in [2.45, 2.75) is 57.9 Å². The molecule has 2 saturated heterocycles. The van der Waals surface area contributed by atoms with Crippen molar-refractivity contribution in [1.29, 1.82) is 0 Å². The maximum absolute atomic E-state index is 13.8. The van der Waals surface area contributed by atoms with Crippen LogP contribution < -0.4 is 0 Å². The summed E-state index contributed by atoms with van der Waals surface area (Å²) in [5, 5.41) is 0. The molecule has 0 spiro atoms. The average molecular weight is 673 g/mol. The summed E-state index contributed by atoms with van der Waals surface area (Å²) in [6.45, 7) is 10.1. The quantitative estimate of drug-likeness (QED) is 0.211. The topological polar surface area (TPSA) is 36.0 Å². The summed E-state index contributed by atoms with van der Waals surface area (Å²) in [5.74, 6) is -1.02. The molecule has 0 bridgehead atoms. The molecular formula is C31H41Cl2F6N3O2. The Morgan fingerprint density at radius 1 is 0.795 bits per heavy atom. The molecule has 2 aromatic rings. The van der Waals surface area contributed by atoms with Crippen LogP contribution in [0.5, 0.6) is 0 Å². The molecule has 2 fully saturated rings. The lowest BCUT2D eigenvalue weighted by molar-refractivity contribution is -0.141. The van der Waals surface area contributed by atoms with E-state index in [4.69, 9.17) is 4.74 Å². The Labute approximate surface area is 267 Å². The van der Waals surface area contributed by atoms with Gasteiger partial charge in [0.1, 0.15) is 0 Å². The molecule has 5 nitrogen and oxygen atoms in total. The van der Waals surface area contributed by atoms with E-state index in [2.05, 4.69) is 9.80 Å². The molecule has 248 valence electrons. The molecule has 2 aliphatic heterocycles. The number of rotatable bonds is 9. The predicted molar refractivity (Wildman–Crippen MR) is 163 cm³/mol. The molecule has 13 heteroatoms. The Kier molecular flexibility index (Phi) is 14.3. The van der Waals surface area contributed by atoms with E-state index in [-0.39, 0.29) is 31.4 Å². The lowest BCUT2D eigenvalue weighted by atomic mass is 9.96. The van der Waals surface area contributed by atoms with E-state index in [1.54, 1.807) is 0 Å². The highest BCUT2D eigenvalue weighted by Crippen LogP contribution is 2.37. The van der Waals surface area contributed by atoms with Gasteiger partial charge in [-0.1, -0.05) is 24.6 Å². The second-order valence-corrected chi connectivity index (χ2v) is 11.3. The molecular weight excluding hydrogens is 631 g/mol. The first-order valence-electron chi connectivity index (χ1n) is 14.5. The van der Waals surface area contributed by atoms with E-state index in [0.29, 0.717) is 37.7 Å². The van der Waals surface area contributed by atoms with Crippen LogP contribution in [-0.4, -0.2) is 85.7 Å². The van der Waals surface area contributed by atoms with Crippen LogP contribution in [-0.2, 0) is 23.5 Å². The van der Waals surface area contributed by atoms with Crippen molar-refractivity contribution in [3.8, 4) is 0 Å². The molecule has 44 heavy (non-hydrogen) atoms. The third kappa shape index (κ3) is 10.2. The van der Waals surface area contributed by atoms with Gasteiger partial charge < -0.3 is 9.64 Å². The predicted octanol–water partition coefficient (Wildman–Crippen LogP) is 7.06. The Balaban J connectivity index is 0.00000337. The maximum Gasteiger partial charge on any atom is 0.417 e. The number of hydrogen-bond acceptors (Lipinski definition) is 4. The van der Waals surface area contributed by atoms with E-state index in [0.717, 1.165) is 75.3 Å². The lowest BCUT2D eigenvalue weighted by Gasteiger charge is -2.42. The van der Waals surface area contributed by atoms with Gasteiger partial charge in [-0.2, -0.15) is 26.3 Å². The molecule has 2 aliphatic rings. The highest BCUT2D eigenvalue weighted by molar-refractivity contribution is 5.96. The Bertz CT molecular complexity index is 1220. The highest BCUT2D eigenvalue weighted by atomic mass is 35.5. The molecule has 0 saturated carbocycles. The number of morpholine rings is 1. The lowest BCUT2D eigenvalue weighted by Crippen LogP contribution is -2.56. The van der Waals surface area contributed by atoms with Gasteiger partial charge in [-0.3, -0.25) is 14.6 Å². The molecule has 0 N–H and O–H groups in total. The van der Waals surface area contributed by atoms with E-state index in [1.165, 1.54) is 4.90 Å². The maximum atomic E-state index is 13.8. The van der Waals surface area contributed by atoms with Crippen molar-refractivity contribution in [3.63, 3.8) is 0 Å². The Hall–Kier alpha value is -2.05. The van der Waals surface area contributed by atoms with Crippen molar-refractivity contribution in [3.05, 3.63) is 69.8 Å². The van der Waals surface area contributed by atoms with E-state index >= 15 is 0 Å². The minimum absolute atomic E-state index is 0. The smallest absolute Gasteiger partial charge is 0.379 e. The average Bonchev–Trinajstić information content (AvgIpc) is 2.94. The standard InChI is InChI=1S/C31H39F6N3O2.2ClH/c1-22-6-7-24(18-23(22)2)19-26-21-39(11-5-3-4-10-38-14-16-42-17-15-38)12-13-40(26)29(41)27-20-25(30(32,33)34)8-9-28(27)31(35,36)37;;/h6-9,18,20,26H,3-5,10-17,19,21H2,1-2H3;2*1H/t26-;;/m1../s1. The fourth-order valence-corrected chi connectivity index (χ4v) is 5.74. The number of ether oxygens (including phenoxy) is 1.